The van der Waals surface area contributed by atoms with Gasteiger partial charge in [-0.3, -0.25) is 0 Å². The van der Waals surface area contributed by atoms with Crippen LogP contribution in [0.15, 0.2) is 291 Å². The Morgan fingerprint density at radius 3 is 0.628 bits per heavy atom. The molecule has 0 aliphatic carbocycles. The zero-order valence-corrected chi connectivity index (χ0v) is 42.7. The molecule has 0 saturated heterocycles. The summed E-state index contributed by atoms with van der Waals surface area (Å²) in [5.41, 5.74) is 14.6. The molecule has 78 heavy (non-hydrogen) atoms. The van der Waals surface area contributed by atoms with E-state index in [1.165, 1.54) is 164 Å². The van der Waals surface area contributed by atoms with Crippen molar-refractivity contribution in [3.05, 3.63) is 291 Å². The summed E-state index contributed by atoms with van der Waals surface area (Å²) >= 11 is 0. The van der Waals surface area contributed by atoms with E-state index < -0.39 is 0 Å². The molecule has 0 amide bonds. The fraction of sp³-hybridized carbons (Fsp3) is 0. The summed E-state index contributed by atoms with van der Waals surface area (Å²) in [6.45, 7) is 0. The highest BCUT2D eigenvalue weighted by Gasteiger charge is 2.23. The lowest BCUT2D eigenvalue weighted by atomic mass is 9.81. The minimum atomic E-state index is 1.18. The molecular weight excluding hydrogens is 937 g/mol. The van der Waals surface area contributed by atoms with Gasteiger partial charge in [0.25, 0.3) is 0 Å². The van der Waals surface area contributed by atoms with Crippen LogP contribution < -0.4 is 0 Å². The van der Waals surface area contributed by atoms with Crippen LogP contribution in [-0.2, 0) is 0 Å². The van der Waals surface area contributed by atoms with Crippen LogP contribution in [0.2, 0.25) is 0 Å². The fourth-order valence-electron chi connectivity index (χ4n) is 13.3. The van der Waals surface area contributed by atoms with Crippen molar-refractivity contribution < 1.29 is 0 Å². The molecule has 0 aliphatic heterocycles. The van der Waals surface area contributed by atoms with Gasteiger partial charge in [0.05, 0.1) is 0 Å². The van der Waals surface area contributed by atoms with Gasteiger partial charge in [0.15, 0.2) is 0 Å². The van der Waals surface area contributed by atoms with Crippen molar-refractivity contribution in [2.45, 2.75) is 0 Å². The van der Waals surface area contributed by atoms with Gasteiger partial charge < -0.3 is 0 Å². The lowest BCUT2D eigenvalue weighted by Crippen LogP contribution is -1.95. The first-order chi connectivity index (χ1) is 38.7. The Bertz CT molecular complexity index is 4790. The molecule has 360 valence electrons. The monoisotopic (exact) mass is 984 g/mol. The average Bonchev–Trinajstić information content (AvgIpc) is 3.56. The summed E-state index contributed by atoms with van der Waals surface area (Å²) in [4.78, 5) is 0. The summed E-state index contributed by atoms with van der Waals surface area (Å²) in [5.74, 6) is 0. The van der Waals surface area contributed by atoms with E-state index in [2.05, 4.69) is 291 Å². The predicted octanol–water partition coefficient (Wildman–Crippen LogP) is 22.1. The van der Waals surface area contributed by atoms with E-state index in [1.807, 2.05) is 0 Å². The molecule has 0 aromatic heterocycles. The van der Waals surface area contributed by atoms with Crippen molar-refractivity contribution in [1.29, 1.82) is 0 Å². The van der Waals surface area contributed by atoms with Crippen molar-refractivity contribution in [3.8, 4) is 66.8 Å². The zero-order chi connectivity index (χ0) is 51.3. The maximum atomic E-state index is 2.49. The maximum Gasteiger partial charge on any atom is -0.00259 e. The lowest BCUT2D eigenvalue weighted by Gasteiger charge is -2.22. The van der Waals surface area contributed by atoms with E-state index in [4.69, 9.17) is 0 Å². The summed E-state index contributed by atoms with van der Waals surface area (Å²) in [7, 11) is 0. The summed E-state index contributed by atoms with van der Waals surface area (Å²) in [6, 6.07) is 109. The highest BCUT2D eigenvalue weighted by Crippen LogP contribution is 2.50. The minimum Gasteiger partial charge on any atom is -0.0616 e. The molecule has 0 radical (unpaired) electrons. The Kier molecular flexibility index (Phi) is 10.0. The summed E-state index contributed by atoms with van der Waals surface area (Å²) in [5, 5.41) is 22.2. The fourth-order valence-corrected chi connectivity index (χ4v) is 13.3. The third-order valence-electron chi connectivity index (χ3n) is 16.7. The second-order valence-electron chi connectivity index (χ2n) is 21.0. The molecule has 0 heteroatoms. The van der Waals surface area contributed by atoms with Gasteiger partial charge in [0.1, 0.15) is 0 Å². The standard InChI is InChI=1S/C78H48/c1-8-28-62-49(20-1)27-19-39-63(62)56-43-57(74-64-29-9-2-21-50(64)40-51-22-3-10-30-65(51)74)45-58(44-56)77-70-35-15-17-37-72(70)78(73-38-18-16-36-71(73)77)61-47-59(75-66-31-11-4-23-52(66)41-53-24-5-12-32-67(53)75)46-60(48-61)76-68-33-13-6-25-54(68)42-55-26-7-14-34-69(55)76/h1-48H. The summed E-state index contributed by atoms with van der Waals surface area (Å²) in [6.07, 6.45) is 0. The van der Waals surface area contributed by atoms with Gasteiger partial charge in [-0.1, -0.05) is 237 Å². The summed E-state index contributed by atoms with van der Waals surface area (Å²) < 4.78 is 0. The van der Waals surface area contributed by atoms with E-state index in [-0.39, 0.29) is 0 Å². The van der Waals surface area contributed by atoms with Gasteiger partial charge in [0.2, 0.25) is 0 Å². The van der Waals surface area contributed by atoms with Gasteiger partial charge in [-0.25, -0.2) is 0 Å². The van der Waals surface area contributed by atoms with E-state index in [0.29, 0.717) is 0 Å². The van der Waals surface area contributed by atoms with Crippen LogP contribution >= 0.6 is 0 Å². The Labute approximate surface area is 452 Å². The first kappa shape index (κ1) is 44.2. The Hall–Kier alpha value is -10.1. The third kappa shape index (κ3) is 7.01. The largest absolute Gasteiger partial charge is 0.0616 e. The molecular formula is C78H48. The Balaban J connectivity index is 1.03. The Morgan fingerprint density at radius 1 is 0.128 bits per heavy atom. The Morgan fingerprint density at radius 2 is 0.333 bits per heavy atom. The molecule has 0 saturated carbocycles. The molecule has 0 spiro atoms. The predicted molar refractivity (Wildman–Crippen MR) is 337 cm³/mol. The van der Waals surface area contributed by atoms with Gasteiger partial charge in [-0.15, -0.1) is 0 Å². The van der Waals surface area contributed by atoms with Crippen molar-refractivity contribution in [2.75, 3.05) is 0 Å². The molecule has 16 aromatic carbocycles. The second kappa shape index (κ2) is 17.7. The molecule has 0 N–H and O–H groups in total. The number of fused-ring (bicyclic) bond motifs is 9. The number of hydrogen-bond donors (Lipinski definition) is 0. The molecule has 16 aromatic rings. The SMILES string of the molecule is c1ccc2c(-c3cc(-c4c5ccccc5cc5ccccc45)cc(-c4c5ccccc5c(-c5cc(-c6c7ccccc7cc7ccccc67)cc(-c6c7ccccc7cc7ccccc67)c5)c5ccccc45)c3)cccc2c1. The van der Waals surface area contributed by atoms with Gasteiger partial charge in [0, 0.05) is 0 Å². The molecule has 0 heterocycles. The van der Waals surface area contributed by atoms with Gasteiger partial charge >= 0.3 is 0 Å². The van der Waals surface area contributed by atoms with E-state index in [0.717, 1.165) is 0 Å². The molecule has 0 atom stereocenters. The van der Waals surface area contributed by atoms with Crippen LogP contribution in [0.25, 0.3) is 164 Å². The third-order valence-corrected chi connectivity index (χ3v) is 16.7. The quantitative estimate of drug-likeness (QED) is 0.146. The van der Waals surface area contributed by atoms with Crippen LogP contribution in [0.3, 0.4) is 0 Å². The van der Waals surface area contributed by atoms with Crippen LogP contribution in [0, 0.1) is 0 Å². The first-order valence-electron chi connectivity index (χ1n) is 27.1. The van der Waals surface area contributed by atoms with Crippen LogP contribution in [-0.4, -0.2) is 0 Å². The van der Waals surface area contributed by atoms with E-state index >= 15 is 0 Å². The lowest BCUT2D eigenvalue weighted by molar-refractivity contribution is 1.61. The van der Waals surface area contributed by atoms with Crippen molar-refractivity contribution >= 4 is 97.0 Å². The topological polar surface area (TPSA) is 0 Å². The minimum absolute atomic E-state index is 1.18. The smallest absolute Gasteiger partial charge is 0.00259 e. The molecule has 0 bridgehead atoms. The molecule has 0 fully saturated rings. The maximum absolute atomic E-state index is 2.49. The van der Waals surface area contributed by atoms with Gasteiger partial charge in [-0.05, 0) is 218 Å². The highest BCUT2D eigenvalue weighted by molar-refractivity contribution is 6.24. The molecule has 0 aliphatic rings. The normalized spacial score (nSPS) is 11.8. The van der Waals surface area contributed by atoms with Crippen molar-refractivity contribution in [3.63, 3.8) is 0 Å². The van der Waals surface area contributed by atoms with Gasteiger partial charge in [-0.2, -0.15) is 0 Å². The van der Waals surface area contributed by atoms with E-state index in [9.17, 15) is 0 Å². The number of hydrogen-bond acceptors (Lipinski definition) is 0. The van der Waals surface area contributed by atoms with E-state index in [1.54, 1.807) is 0 Å². The second-order valence-corrected chi connectivity index (χ2v) is 21.0. The van der Waals surface area contributed by atoms with Crippen LogP contribution in [0.1, 0.15) is 0 Å². The molecule has 0 unspecified atom stereocenters. The molecule has 16 rings (SSSR count). The van der Waals surface area contributed by atoms with Crippen molar-refractivity contribution in [2.24, 2.45) is 0 Å². The first-order valence-corrected chi connectivity index (χ1v) is 27.1. The van der Waals surface area contributed by atoms with Crippen LogP contribution in [0.4, 0.5) is 0 Å². The van der Waals surface area contributed by atoms with Crippen molar-refractivity contribution in [1.82, 2.24) is 0 Å². The van der Waals surface area contributed by atoms with Crippen LogP contribution in [0.5, 0.6) is 0 Å². The number of rotatable bonds is 6. The molecule has 0 nitrogen and oxygen atoms in total. The average molecular weight is 985 g/mol. The zero-order valence-electron chi connectivity index (χ0n) is 42.7. The number of benzene rings is 16. The highest BCUT2D eigenvalue weighted by atomic mass is 14.3.